The second-order valence-electron chi connectivity index (χ2n) is 1.35. The summed E-state index contributed by atoms with van der Waals surface area (Å²) in [6, 6.07) is 1.38. The summed E-state index contributed by atoms with van der Waals surface area (Å²) in [5.41, 5.74) is 2.18. The Morgan fingerprint density at radius 3 is 3.00 bits per heavy atom. The van der Waals surface area contributed by atoms with Gasteiger partial charge < -0.3 is 4.98 Å². The minimum absolute atomic E-state index is 0.0127. The van der Waals surface area contributed by atoms with Gasteiger partial charge in [-0.3, -0.25) is 5.21 Å². The molecule has 0 aliphatic carbocycles. The zero-order valence-electron chi connectivity index (χ0n) is 4.40. The SMILES string of the molecule is O=c1nc([N]O)cc[nH]1. The molecule has 1 radical (unpaired) electrons. The lowest BCUT2D eigenvalue weighted by Gasteiger charge is -1.87. The third kappa shape index (κ3) is 1.26. The van der Waals surface area contributed by atoms with Gasteiger partial charge in [-0.2, -0.15) is 4.98 Å². The summed E-state index contributed by atoms with van der Waals surface area (Å²) in [6.07, 6.45) is 1.35. The van der Waals surface area contributed by atoms with Crippen molar-refractivity contribution >= 4 is 5.82 Å². The van der Waals surface area contributed by atoms with Crippen molar-refractivity contribution in [1.82, 2.24) is 15.4 Å². The van der Waals surface area contributed by atoms with E-state index in [1.807, 2.05) is 0 Å². The van der Waals surface area contributed by atoms with Crippen LogP contribution in [0.4, 0.5) is 5.82 Å². The lowest BCUT2D eigenvalue weighted by Crippen LogP contribution is -2.10. The maximum atomic E-state index is 10.3. The molecule has 0 bridgehead atoms. The molecule has 1 aromatic heterocycles. The number of nitrogens with zero attached hydrogens (tertiary/aromatic N) is 2. The topological polar surface area (TPSA) is 80.1 Å². The minimum Gasteiger partial charge on any atom is -0.313 e. The third-order valence-electron chi connectivity index (χ3n) is 0.758. The van der Waals surface area contributed by atoms with Crippen LogP contribution in [-0.2, 0) is 0 Å². The quantitative estimate of drug-likeness (QED) is 0.493. The number of aromatic amines is 1. The van der Waals surface area contributed by atoms with Gasteiger partial charge in [-0.25, -0.2) is 4.79 Å². The van der Waals surface area contributed by atoms with Crippen molar-refractivity contribution in [3.8, 4) is 0 Å². The molecule has 0 aliphatic heterocycles. The van der Waals surface area contributed by atoms with Gasteiger partial charge in [-0.1, -0.05) is 0 Å². The maximum Gasteiger partial charge on any atom is 0.347 e. The Hall–Kier alpha value is -1.36. The number of hydrogen-bond acceptors (Lipinski definition) is 3. The van der Waals surface area contributed by atoms with E-state index in [1.165, 1.54) is 12.3 Å². The Kier molecular flexibility index (Phi) is 1.46. The molecule has 5 heteroatoms. The average molecular weight is 126 g/mol. The summed E-state index contributed by atoms with van der Waals surface area (Å²) < 4.78 is 0. The highest BCUT2D eigenvalue weighted by molar-refractivity contribution is 5.18. The molecule has 0 saturated carbocycles. The van der Waals surface area contributed by atoms with Crippen molar-refractivity contribution < 1.29 is 5.21 Å². The largest absolute Gasteiger partial charge is 0.347 e. The molecule has 0 atom stereocenters. The highest BCUT2D eigenvalue weighted by Gasteiger charge is 1.89. The summed E-state index contributed by atoms with van der Waals surface area (Å²) in [6.45, 7) is 0. The third-order valence-corrected chi connectivity index (χ3v) is 0.758. The fourth-order valence-electron chi connectivity index (χ4n) is 0.417. The summed E-state index contributed by atoms with van der Waals surface area (Å²) in [7, 11) is 0. The average Bonchev–Trinajstić information content (AvgIpc) is 1.88. The van der Waals surface area contributed by atoms with Gasteiger partial charge in [0.15, 0.2) is 5.82 Å². The maximum absolute atomic E-state index is 10.3. The molecule has 9 heavy (non-hydrogen) atoms. The summed E-state index contributed by atoms with van der Waals surface area (Å²) >= 11 is 0. The van der Waals surface area contributed by atoms with Gasteiger partial charge in [0.1, 0.15) is 0 Å². The smallest absolute Gasteiger partial charge is 0.313 e. The van der Waals surface area contributed by atoms with E-state index in [4.69, 9.17) is 5.21 Å². The van der Waals surface area contributed by atoms with E-state index in [0.717, 1.165) is 0 Å². The first-order valence-corrected chi connectivity index (χ1v) is 2.24. The van der Waals surface area contributed by atoms with Crippen molar-refractivity contribution in [2.45, 2.75) is 0 Å². The molecule has 1 heterocycles. The monoisotopic (exact) mass is 126 g/mol. The Morgan fingerprint density at radius 1 is 1.78 bits per heavy atom. The van der Waals surface area contributed by atoms with Gasteiger partial charge in [-0.15, -0.1) is 5.48 Å². The molecule has 1 aromatic rings. The predicted molar refractivity (Wildman–Crippen MR) is 28.4 cm³/mol. The van der Waals surface area contributed by atoms with Gasteiger partial charge in [0, 0.05) is 12.3 Å². The molecule has 2 N–H and O–H groups in total. The van der Waals surface area contributed by atoms with Crippen LogP contribution in [0.1, 0.15) is 0 Å². The fourth-order valence-corrected chi connectivity index (χ4v) is 0.417. The van der Waals surface area contributed by atoms with Crippen molar-refractivity contribution in [2.75, 3.05) is 0 Å². The van der Waals surface area contributed by atoms with Gasteiger partial charge in [0.25, 0.3) is 0 Å². The highest BCUT2D eigenvalue weighted by Crippen LogP contribution is 1.90. The zero-order chi connectivity index (χ0) is 6.69. The molecule has 0 aromatic carbocycles. The molecule has 0 aliphatic rings. The van der Waals surface area contributed by atoms with Crippen LogP contribution in [0.15, 0.2) is 17.1 Å². The van der Waals surface area contributed by atoms with Crippen molar-refractivity contribution in [3.05, 3.63) is 22.7 Å². The second kappa shape index (κ2) is 2.27. The molecule has 0 spiro atoms. The fraction of sp³-hybridized carbons (Fsp3) is 0. The highest BCUT2D eigenvalue weighted by atomic mass is 16.5. The standard InChI is InChI=1S/C4H4N3O2/c8-4-5-2-1-3(6-4)7-9/h1-2,9H,(H,5,6,8). The van der Waals surface area contributed by atoms with Crippen LogP contribution < -0.4 is 11.2 Å². The molecule has 1 rings (SSSR count). The first-order valence-electron chi connectivity index (χ1n) is 2.24. The zero-order valence-corrected chi connectivity index (χ0v) is 4.40. The lowest BCUT2D eigenvalue weighted by molar-refractivity contribution is 0.206. The molecule has 0 unspecified atom stereocenters. The Bertz CT molecular complexity index is 244. The van der Waals surface area contributed by atoms with E-state index in [-0.39, 0.29) is 5.82 Å². The summed E-state index contributed by atoms with van der Waals surface area (Å²) in [5, 5.41) is 8.07. The molecule has 0 amide bonds. The number of H-pyrrole nitrogens is 1. The molecule has 0 fully saturated rings. The van der Waals surface area contributed by atoms with E-state index < -0.39 is 5.69 Å². The van der Waals surface area contributed by atoms with Crippen molar-refractivity contribution in [2.24, 2.45) is 0 Å². The summed E-state index contributed by atoms with van der Waals surface area (Å²) in [4.78, 5) is 15.8. The number of nitrogens with one attached hydrogen (secondary N) is 1. The van der Waals surface area contributed by atoms with Crippen molar-refractivity contribution in [3.63, 3.8) is 0 Å². The minimum atomic E-state index is -0.523. The van der Waals surface area contributed by atoms with Crippen LogP contribution in [0.2, 0.25) is 0 Å². The molecule has 5 nitrogen and oxygen atoms in total. The molecular formula is C4H4N3O2. The van der Waals surface area contributed by atoms with Crippen molar-refractivity contribution in [1.29, 1.82) is 0 Å². The lowest BCUT2D eigenvalue weighted by atomic mass is 10.6. The van der Waals surface area contributed by atoms with E-state index in [0.29, 0.717) is 0 Å². The van der Waals surface area contributed by atoms with Gasteiger partial charge in [0.2, 0.25) is 0 Å². The molecule has 0 saturated heterocycles. The Labute approximate surface area is 50.3 Å². The summed E-state index contributed by atoms with van der Waals surface area (Å²) in [5.74, 6) is 0.0127. The van der Waals surface area contributed by atoms with Gasteiger partial charge in [-0.05, 0) is 0 Å². The first-order chi connectivity index (χ1) is 4.33. The van der Waals surface area contributed by atoms with E-state index in [2.05, 4.69) is 15.4 Å². The van der Waals surface area contributed by atoms with Crippen LogP contribution in [0.5, 0.6) is 0 Å². The Balaban J connectivity index is 3.08. The predicted octanol–water partition coefficient (Wildman–Crippen LogP) is -0.605. The molecule has 47 valence electrons. The number of hydrogen-bond donors (Lipinski definition) is 2. The normalized spacial score (nSPS) is 9.00. The van der Waals surface area contributed by atoms with Gasteiger partial charge in [0.05, 0.1) is 0 Å². The van der Waals surface area contributed by atoms with E-state index in [1.54, 1.807) is 0 Å². The van der Waals surface area contributed by atoms with Crippen LogP contribution in [0.3, 0.4) is 0 Å². The van der Waals surface area contributed by atoms with Crippen LogP contribution >= 0.6 is 0 Å². The first kappa shape index (κ1) is 5.77. The van der Waals surface area contributed by atoms with Crippen LogP contribution in [-0.4, -0.2) is 15.2 Å². The number of rotatable bonds is 1. The van der Waals surface area contributed by atoms with Crippen LogP contribution in [0, 0.1) is 0 Å². The van der Waals surface area contributed by atoms with E-state index >= 15 is 0 Å². The van der Waals surface area contributed by atoms with E-state index in [9.17, 15) is 4.79 Å². The molecular weight excluding hydrogens is 122 g/mol. The second-order valence-corrected chi connectivity index (χ2v) is 1.35. The van der Waals surface area contributed by atoms with Gasteiger partial charge >= 0.3 is 5.69 Å². The van der Waals surface area contributed by atoms with Crippen LogP contribution in [0.25, 0.3) is 0 Å². The Morgan fingerprint density at radius 2 is 2.56 bits per heavy atom. The number of aromatic nitrogens is 2.